The maximum Gasteiger partial charge on any atom is 0.269 e. The van der Waals surface area contributed by atoms with E-state index in [9.17, 15) is 8.42 Å². The third-order valence-corrected chi connectivity index (χ3v) is 7.01. The molecule has 0 aliphatic heterocycles. The van der Waals surface area contributed by atoms with E-state index in [1.54, 1.807) is 6.07 Å². The first-order valence-corrected chi connectivity index (χ1v) is 11.1. The molecule has 0 spiro atoms. The van der Waals surface area contributed by atoms with Crippen molar-refractivity contribution < 1.29 is 17.4 Å². The number of hydrogen-bond acceptors (Lipinski definition) is 8. The van der Waals surface area contributed by atoms with Gasteiger partial charge in [0.1, 0.15) is 5.75 Å². The number of benzene rings is 1. The van der Waals surface area contributed by atoms with Crippen LogP contribution in [-0.4, -0.2) is 23.8 Å². The number of nitrogens with zero attached hydrogens (tertiary/aromatic N) is 3. The first-order chi connectivity index (χ1) is 12.9. The number of sulfone groups is 1. The van der Waals surface area contributed by atoms with E-state index < -0.39 is 15.6 Å². The lowest BCUT2D eigenvalue weighted by atomic mass is 10.3. The average Bonchev–Trinajstić information content (AvgIpc) is 3.35. The van der Waals surface area contributed by atoms with E-state index in [1.807, 2.05) is 12.1 Å². The Morgan fingerprint density at radius 3 is 2.59 bits per heavy atom. The summed E-state index contributed by atoms with van der Waals surface area (Å²) in [6.45, 7) is 0. The van der Waals surface area contributed by atoms with Gasteiger partial charge in [-0.1, -0.05) is 16.8 Å². The van der Waals surface area contributed by atoms with Crippen LogP contribution in [0.5, 0.6) is 0 Å². The van der Waals surface area contributed by atoms with Gasteiger partial charge >= 0.3 is 0 Å². The highest BCUT2D eigenvalue weighted by atomic mass is 79.9. The second-order valence-electron chi connectivity index (χ2n) is 5.39. The molecule has 0 aliphatic rings. The van der Waals surface area contributed by atoms with Crippen molar-refractivity contribution in [1.82, 2.24) is 15.4 Å². The van der Waals surface area contributed by atoms with Gasteiger partial charge in [-0.3, -0.25) is 0 Å². The minimum Gasteiger partial charge on any atom is -0.418 e. The van der Waals surface area contributed by atoms with Crippen LogP contribution in [0.4, 0.5) is 0 Å². The Labute approximate surface area is 171 Å². The largest absolute Gasteiger partial charge is 0.418 e. The van der Waals surface area contributed by atoms with E-state index in [0.29, 0.717) is 16.5 Å². The topological polar surface area (TPSA) is 99.1 Å². The van der Waals surface area contributed by atoms with Crippen molar-refractivity contribution in [3.05, 3.63) is 57.2 Å². The molecule has 0 saturated carbocycles. The van der Waals surface area contributed by atoms with Crippen molar-refractivity contribution in [1.29, 1.82) is 0 Å². The summed E-state index contributed by atoms with van der Waals surface area (Å²) < 4.78 is 36.6. The van der Waals surface area contributed by atoms with Gasteiger partial charge < -0.3 is 8.94 Å². The van der Waals surface area contributed by atoms with Crippen LogP contribution < -0.4 is 0 Å². The van der Waals surface area contributed by atoms with Crippen molar-refractivity contribution >= 4 is 48.7 Å². The fourth-order valence-electron chi connectivity index (χ4n) is 2.24. The minimum atomic E-state index is -3.64. The third-order valence-electron chi connectivity index (χ3n) is 3.50. The molecule has 1 aromatic carbocycles. The predicted octanol–water partition coefficient (Wildman–Crippen LogP) is 4.84. The summed E-state index contributed by atoms with van der Waals surface area (Å²) in [5.74, 6) is 0.170. The zero-order valence-corrected chi connectivity index (χ0v) is 17.3. The van der Waals surface area contributed by atoms with Gasteiger partial charge in [0.25, 0.3) is 5.89 Å². The van der Waals surface area contributed by atoms with Crippen LogP contribution in [0.1, 0.15) is 5.89 Å². The molecule has 4 aromatic rings. The molecular weight excluding hydrogens is 478 g/mol. The molecule has 0 radical (unpaired) electrons. The second kappa shape index (κ2) is 7.19. The van der Waals surface area contributed by atoms with Crippen LogP contribution in [0.3, 0.4) is 0 Å². The highest BCUT2D eigenvalue weighted by molar-refractivity contribution is 9.11. The van der Waals surface area contributed by atoms with Gasteiger partial charge in [-0.05, 0) is 52.3 Å². The van der Waals surface area contributed by atoms with Gasteiger partial charge in [0, 0.05) is 11.1 Å². The van der Waals surface area contributed by atoms with Crippen LogP contribution >= 0.6 is 38.9 Å². The third kappa shape index (κ3) is 3.98. The molecule has 3 heterocycles. The van der Waals surface area contributed by atoms with Gasteiger partial charge in [0.05, 0.1) is 13.6 Å². The zero-order valence-electron chi connectivity index (χ0n) is 13.3. The van der Waals surface area contributed by atoms with E-state index in [4.69, 9.17) is 20.5 Å². The lowest BCUT2D eigenvalue weighted by Gasteiger charge is -2.01. The Balaban J connectivity index is 1.55. The summed E-state index contributed by atoms with van der Waals surface area (Å²) >= 11 is 10.7. The van der Waals surface area contributed by atoms with E-state index in [1.165, 1.54) is 35.6 Å². The van der Waals surface area contributed by atoms with Gasteiger partial charge in [0.2, 0.25) is 5.89 Å². The highest BCUT2D eigenvalue weighted by Gasteiger charge is 2.21. The van der Waals surface area contributed by atoms with Crippen LogP contribution in [0, 0.1) is 0 Å². The second-order valence-corrected chi connectivity index (χ2v) is 10.3. The normalized spacial score (nSPS) is 11.8. The Kier molecular flexibility index (Phi) is 4.89. The standard InChI is InChI=1S/C16H9BrClN3O4S2/c17-14-6-5-13(26-14)12-7-11(21-25-12)16-20-19-15(24-16)8-27(22,23)10-3-1-9(18)2-4-10/h1-7H,8H2. The number of aromatic nitrogens is 3. The number of rotatable bonds is 5. The average molecular weight is 487 g/mol. The highest BCUT2D eigenvalue weighted by Crippen LogP contribution is 2.33. The van der Waals surface area contributed by atoms with E-state index in [0.717, 1.165) is 8.66 Å². The first-order valence-electron chi connectivity index (χ1n) is 7.44. The van der Waals surface area contributed by atoms with Crippen molar-refractivity contribution in [3.8, 4) is 22.2 Å². The summed E-state index contributed by atoms with van der Waals surface area (Å²) in [6.07, 6.45) is 0. The lowest BCUT2D eigenvalue weighted by molar-refractivity contribution is 0.430. The quantitative estimate of drug-likeness (QED) is 0.398. The molecule has 0 fully saturated rings. The molecule has 27 heavy (non-hydrogen) atoms. The van der Waals surface area contributed by atoms with Gasteiger partial charge in [-0.15, -0.1) is 21.5 Å². The van der Waals surface area contributed by atoms with Crippen LogP contribution in [-0.2, 0) is 15.6 Å². The first kappa shape index (κ1) is 18.4. The summed E-state index contributed by atoms with van der Waals surface area (Å²) in [5.41, 5.74) is 0.331. The SMILES string of the molecule is O=S(=O)(Cc1nnc(-c2cc(-c3ccc(Br)s3)on2)o1)c1ccc(Cl)cc1. The Morgan fingerprint density at radius 1 is 1.11 bits per heavy atom. The van der Waals surface area contributed by atoms with Gasteiger partial charge in [-0.2, -0.15) is 0 Å². The summed E-state index contributed by atoms with van der Waals surface area (Å²) in [5, 5.41) is 12.0. The molecule has 0 atom stereocenters. The van der Waals surface area contributed by atoms with Crippen LogP contribution in [0.15, 0.2) is 60.1 Å². The van der Waals surface area contributed by atoms with Gasteiger partial charge in [-0.25, -0.2) is 8.42 Å². The maximum absolute atomic E-state index is 12.4. The zero-order chi connectivity index (χ0) is 19.0. The molecule has 0 aliphatic carbocycles. The lowest BCUT2D eigenvalue weighted by Crippen LogP contribution is -2.05. The summed E-state index contributed by atoms with van der Waals surface area (Å²) in [4.78, 5) is 1.00. The van der Waals surface area contributed by atoms with E-state index in [2.05, 4.69) is 31.3 Å². The molecule has 11 heteroatoms. The van der Waals surface area contributed by atoms with E-state index >= 15 is 0 Å². The smallest absolute Gasteiger partial charge is 0.269 e. The summed E-state index contributed by atoms with van der Waals surface area (Å²) in [7, 11) is -3.64. The van der Waals surface area contributed by atoms with Crippen LogP contribution in [0.25, 0.3) is 22.2 Å². The maximum atomic E-state index is 12.4. The number of thiophene rings is 1. The fourth-order valence-corrected chi connectivity index (χ4v) is 4.86. The Morgan fingerprint density at radius 2 is 1.89 bits per heavy atom. The van der Waals surface area contributed by atoms with Crippen molar-refractivity contribution in [3.63, 3.8) is 0 Å². The molecule has 0 saturated heterocycles. The molecular formula is C16H9BrClN3O4S2. The van der Waals surface area contributed by atoms with Crippen molar-refractivity contribution in [2.24, 2.45) is 0 Å². The molecule has 4 rings (SSSR count). The predicted molar refractivity (Wildman–Crippen MR) is 103 cm³/mol. The molecule has 3 aromatic heterocycles. The number of halogens is 2. The fraction of sp³-hybridized carbons (Fsp3) is 0.0625. The Hall–Kier alpha value is -2.01. The molecule has 0 unspecified atom stereocenters. The molecule has 0 amide bonds. The van der Waals surface area contributed by atoms with Crippen LogP contribution in [0.2, 0.25) is 5.02 Å². The number of hydrogen-bond donors (Lipinski definition) is 0. The molecule has 0 N–H and O–H groups in total. The van der Waals surface area contributed by atoms with Crippen molar-refractivity contribution in [2.45, 2.75) is 10.6 Å². The Bertz CT molecular complexity index is 1200. The monoisotopic (exact) mass is 485 g/mol. The molecule has 138 valence electrons. The molecule has 7 nitrogen and oxygen atoms in total. The van der Waals surface area contributed by atoms with E-state index in [-0.39, 0.29) is 16.7 Å². The van der Waals surface area contributed by atoms with Crippen molar-refractivity contribution in [2.75, 3.05) is 0 Å². The van der Waals surface area contributed by atoms with Gasteiger partial charge in [0.15, 0.2) is 21.3 Å². The minimum absolute atomic E-state index is 0.0385. The molecule has 0 bridgehead atoms. The summed E-state index contributed by atoms with van der Waals surface area (Å²) in [6, 6.07) is 11.3.